The number of benzene rings is 4. The Hall–Kier alpha value is -7.08. The van der Waals surface area contributed by atoms with Gasteiger partial charge >= 0.3 is 11.9 Å². The fourth-order valence-electron chi connectivity index (χ4n) is 3.86. The minimum absolute atomic E-state index is 0.329. The lowest BCUT2D eigenvalue weighted by Gasteiger charge is -2.10. The van der Waals surface area contributed by atoms with Crippen LogP contribution in [0.25, 0.3) is 22.3 Å². The molecule has 0 unspecified atom stereocenters. The molecule has 6 rings (SSSR count). The molecule has 0 aliphatic heterocycles. The minimum Gasteiger partial charge on any atom is -0.867 e. The van der Waals surface area contributed by atoms with Crippen LogP contribution in [0.5, 0.6) is 34.5 Å². The van der Waals surface area contributed by atoms with Crippen molar-refractivity contribution in [2.24, 2.45) is 0 Å². The van der Waals surface area contributed by atoms with Gasteiger partial charge in [0.05, 0.1) is 11.1 Å². The molecule has 4 aromatic carbocycles. The molecule has 6 aromatic rings. The Labute approximate surface area is 274 Å². The highest BCUT2D eigenvalue weighted by atomic mass is 16.4. The molecule has 0 aliphatic rings. The van der Waals surface area contributed by atoms with Crippen LogP contribution in [0.4, 0.5) is 0 Å². The summed E-state index contributed by atoms with van der Waals surface area (Å²) in [4.78, 5) is 26.6. The molecule has 2 heterocycles. The summed E-state index contributed by atoms with van der Waals surface area (Å²) in [7, 11) is 0. The second kappa shape index (κ2) is 17.4. The molecular formula is C36H30N2O10. The highest BCUT2D eigenvalue weighted by Crippen LogP contribution is 2.33. The number of hydrogen-bond donors (Lipinski definition) is 6. The van der Waals surface area contributed by atoms with Crippen molar-refractivity contribution in [1.29, 1.82) is 0 Å². The third kappa shape index (κ3) is 10.5. The number of aromatic nitrogens is 2. The Morgan fingerprint density at radius 2 is 0.688 bits per heavy atom. The van der Waals surface area contributed by atoms with Gasteiger partial charge in [0, 0.05) is 24.3 Å². The second-order valence-electron chi connectivity index (χ2n) is 9.61. The largest absolute Gasteiger partial charge is 0.867 e. The molecule has 0 fully saturated rings. The SMILES string of the molecule is O=C(O)c1cc(O)c([O-])c(O)c1.O=C(O)c1cc(O)c([O-])c(O)c1.c1ccc(-c2cc[nH+]cc2)cc1.c1ccc(-c2cc[nH+]cc2)cc1. The van der Waals surface area contributed by atoms with E-state index in [-0.39, 0.29) is 11.1 Å². The van der Waals surface area contributed by atoms with Crippen molar-refractivity contribution in [3.05, 3.63) is 145 Å². The van der Waals surface area contributed by atoms with Crippen molar-refractivity contribution < 1.29 is 60.4 Å². The lowest BCUT2D eigenvalue weighted by molar-refractivity contribution is -0.378. The molecule has 0 radical (unpaired) electrons. The molecule has 2 aromatic heterocycles. The zero-order valence-electron chi connectivity index (χ0n) is 25.0. The maximum Gasteiger partial charge on any atom is 0.335 e. The van der Waals surface area contributed by atoms with Crippen LogP contribution < -0.4 is 20.2 Å². The van der Waals surface area contributed by atoms with Gasteiger partial charge in [-0.25, -0.2) is 19.6 Å². The van der Waals surface area contributed by atoms with E-state index in [1.165, 1.54) is 22.3 Å². The first-order valence-corrected chi connectivity index (χ1v) is 13.9. The number of aromatic carboxylic acids is 2. The number of H-pyrrole nitrogens is 2. The molecule has 0 saturated carbocycles. The molecule has 0 saturated heterocycles. The summed E-state index contributed by atoms with van der Waals surface area (Å²) in [6.45, 7) is 0. The summed E-state index contributed by atoms with van der Waals surface area (Å²) < 4.78 is 0. The van der Waals surface area contributed by atoms with Crippen molar-refractivity contribution in [2.45, 2.75) is 0 Å². The number of aromatic amines is 2. The molecule has 48 heavy (non-hydrogen) atoms. The van der Waals surface area contributed by atoms with Crippen LogP contribution in [-0.4, -0.2) is 42.6 Å². The first-order chi connectivity index (χ1) is 23.0. The van der Waals surface area contributed by atoms with Crippen molar-refractivity contribution in [1.82, 2.24) is 0 Å². The van der Waals surface area contributed by atoms with E-state index >= 15 is 0 Å². The van der Waals surface area contributed by atoms with E-state index < -0.39 is 46.4 Å². The van der Waals surface area contributed by atoms with E-state index in [1.807, 2.05) is 61.2 Å². The second-order valence-corrected chi connectivity index (χ2v) is 9.61. The summed E-state index contributed by atoms with van der Waals surface area (Å²) in [6.07, 6.45) is 7.73. The van der Waals surface area contributed by atoms with E-state index in [0.717, 1.165) is 24.3 Å². The van der Waals surface area contributed by atoms with Crippen LogP contribution in [0, 0.1) is 0 Å². The molecule has 0 amide bonds. The molecular weight excluding hydrogens is 620 g/mol. The standard InChI is InChI=1S/2C11H9N.2C7H6O5/c2*1-2-4-10(5-3-1)11-6-8-12-9-7-11;2*8-4-1-3(7(11)12)2-5(9)6(4)10/h2*1-9H;2*1-2,8-10H,(H,11,12). The number of carbonyl (C=O) groups is 2. The first-order valence-electron chi connectivity index (χ1n) is 13.9. The quantitative estimate of drug-likeness (QED) is 0.160. The Balaban J connectivity index is 0.000000174. The van der Waals surface area contributed by atoms with Gasteiger partial charge in [0.2, 0.25) is 0 Å². The number of hydrogen-bond acceptors (Lipinski definition) is 8. The molecule has 0 atom stereocenters. The number of phenols is 4. The topological polar surface area (TPSA) is 230 Å². The van der Waals surface area contributed by atoms with Gasteiger partial charge in [0.1, 0.15) is 23.0 Å². The van der Waals surface area contributed by atoms with E-state index in [9.17, 15) is 19.8 Å². The van der Waals surface area contributed by atoms with Gasteiger partial charge < -0.3 is 40.9 Å². The zero-order chi connectivity index (χ0) is 35.1. The van der Waals surface area contributed by atoms with Crippen molar-refractivity contribution in [3.63, 3.8) is 0 Å². The van der Waals surface area contributed by atoms with E-state index in [2.05, 4.69) is 58.5 Å². The van der Waals surface area contributed by atoms with E-state index in [0.29, 0.717) is 0 Å². The number of aromatic hydroxyl groups is 4. The Morgan fingerprint density at radius 1 is 0.438 bits per heavy atom. The van der Waals surface area contributed by atoms with Crippen molar-refractivity contribution in [3.8, 4) is 56.8 Å². The molecule has 8 N–H and O–H groups in total. The van der Waals surface area contributed by atoms with Crippen molar-refractivity contribution in [2.75, 3.05) is 0 Å². The number of pyridine rings is 2. The molecule has 0 bridgehead atoms. The van der Waals surface area contributed by atoms with Crippen LogP contribution in [0.15, 0.2) is 134 Å². The first kappa shape index (κ1) is 35.4. The smallest absolute Gasteiger partial charge is 0.335 e. The normalized spacial score (nSPS) is 9.67. The lowest BCUT2D eigenvalue weighted by Crippen LogP contribution is -1.98. The fraction of sp³-hybridized carbons (Fsp3) is 0. The number of nitrogens with one attached hydrogen (secondary N) is 2. The predicted octanol–water partition coefficient (Wildman–Crippen LogP) is 4.07. The van der Waals surface area contributed by atoms with Gasteiger partial charge in [0.25, 0.3) is 0 Å². The fourth-order valence-corrected chi connectivity index (χ4v) is 3.86. The maximum absolute atomic E-state index is 10.7. The minimum atomic E-state index is -1.32. The highest BCUT2D eigenvalue weighted by Gasteiger charge is 2.08. The molecule has 12 nitrogen and oxygen atoms in total. The van der Waals surface area contributed by atoms with E-state index in [4.69, 9.17) is 30.6 Å². The van der Waals surface area contributed by atoms with Gasteiger partial charge in [-0.05, 0) is 58.0 Å². The van der Waals surface area contributed by atoms with Gasteiger partial charge in [-0.2, -0.15) is 0 Å². The average Bonchev–Trinajstić information content (AvgIpc) is 3.11. The zero-order valence-corrected chi connectivity index (χ0v) is 25.0. The Bertz CT molecular complexity index is 1660. The van der Waals surface area contributed by atoms with Crippen LogP contribution in [0.2, 0.25) is 0 Å². The highest BCUT2D eigenvalue weighted by molar-refractivity contribution is 5.89. The summed E-state index contributed by atoms with van der Waals surface area (Å²) >= 11 is 0. The van der Waals surface area contributed by atoms with Gasteiger partial charge in [-0.1, -0.05) is 60.7 Å². The lowest BCUT2D eigenvalue weighted by atomic mass is 10.1. The summed E-state index contributed by atoms with van der Waals surface area (Å²) in [5, 5.41) is 73.3. The van der Waals surface area contributed by atoms with E-state index in [1.54, 1.807) is 0 Å². The maximum atomic E-state index is 10.7. The number of carboxylic acid groups (broad SMARTS) is 2. The summed E-state index contributed by atoms with van der Waals surface area (Å²) in [5.74, 6) is -7.67. The molecule has 0 spiro atoms. The average molecular weight is 651 g/mol. The van der Waals surface area contributed by atoms with Crippen LogP contribution in [0.1, 0.15) is 20.7 Å². The molecule has 244 valence electrons. The Morgan fingerprint density at radius 3 is 0.938 bits per heavy atom. The third-order valence-electron chi connectivity index (χ3n) is 6.24. The van der Waals surface area contributed by atoms with Crippen LogP contribution >= 0.6 is 0 Å². The number of phenolic OH excluding ortho intramolecular Hbond substituents is 4. The van der Waals surface area contributed by atoms with Gasteiger partial charge in [0.15, 0.2) is 24.8 Å². The number of rotatable bonds is 4. The predicted molar refractivity (Wildman–Crippen MR) is 169 cm³/mol. The monoisotopic (exact) mass is 650 g/mol. The van der Waals surface area contributed by atoms with Gasteiger partial charge in [-0.3, -0.25) is 0 Å². The summed E-state index contributed by atoms with van der Waals surface area (Å²) in [5.41, 5.74) is 4.34. The van der Waals surface area contributed by atoms with Crippen molar-refractivity contribution >= 4 is 11.9 Å². The van der Waals surface area contributed by atoms with Crippen LogP contribution in [0.3, 0.4) is 0 Å². The van der Waals surface area contributed by atoms with Gasteiger partial charge in [-0.15, -0.1) is 0 Å². The summed E-state index contributed by atoms with van der Waals surface area (Å²) in [6, 6.07) is 32.1. The number of carboxylic acids is 2. The third-order valence-corrected chi connectivity index (χ3v) is 6.24. The van der Waals surface area contributed by atoms with Crippen LogP contribution in [-0.2, 0) is 0 Å². The molecule has 0 aliphatic carbocycles. The Kier molecular flexibility index (Phi) is 12.8. The molecule has 12 heteroatoms.